The highest BCUT2D eigenvalue weighted by atomic mass is 16.3. The Bertz CT molecular complexity index is 418. The summed E-state index contributed by atoms with van der Waals surface area (Å²) in [5.74, 6) is 2.25. The van der Waals surface area contributed by atoms with E-state index < -0.39 is 0 Å². The first-order valence-corrected chi connectivity index (χ1v) is 6.59. The van der Waals surface area contributed by atoms with Crippen LogP contribution >= 0.6 is 0 Å². The lowest BCUT2D eigenvalue weighted by Gasteiger charge is -2.39. The van der Waals surface area contributed by atoms with Crippen LogP contribution < -0.4 is 10.6 Å². The molecule has 0 bridgehead atoms. The summed E-state index contributed by atoms with van der Waals surface area (Å²) in [6.07, 6.45) is 2.27. The van der Waals surface area contributed by atoms with Crippen molar-refractivity contribution in [2.45, 2.75) is 45.7 Å². The predicted molar refractivity (Wildman–Crippen MR) is 68.1 cm³/mol. The average molecular weight is 234 g/mol. The Hall–Kier alpha value is -0.800. The highest BCUT2D eigenvalue weighted by molar-refractivity contribution is 5.29. The first kappa shape index (κ1) is 11.3. The molecule has 1 aromatic rings. The molecule has 0 aromatic carbocycles. The quantitative estimate of drug-likeness (QED) is 0.823. The highest BCUT2D eigenvalue weighted by Gasteiger charge is 2.36. The number of hydrogen-bond donors (Lipinski definition) is 2. The number of hydrogen-bond acceptors (Lipinski definition) is 3. The van der Waals surface area contributed by atoms with Gasteiger partial charge in [0, 0.05) is 37.2 Å². The molecule has 94 valence electrons. The standard InChI is InChI=1S/C14H22N2O/c1-9-4-11-12(16-10-7-15-8-10)5-14(2,3)6-13(11)17-9/h4,10,12,15-16H,5-8H2,1-3H3. The first-order chi connectivity index (χ1) is 8.03. The Morgan fingerprint density at radius 1 is 1.41 bits per heavy atom. The molecule has 2 N–H and O–H groups in total. The van der Waals surface area contributed by atoms with Crippen LogP contribution in [-0.4, -0.2) is 19.1 Å². The molecule has 3 heteroatoms. The zero-order valence-electron chi connectivity index (χ0n) is 11.0. The Morgan fingerprint density at radius 3 is 2.82 bits per heavy atom. The van der Waals surface area contributed by atoms with Crippen LogP contribution in [-0.2, 0) is 6.42 Å². The van der Waals surface area contributed by atoms with Crippen LogP contribution in [0.3, 0.4) is 0 Å². The van der Waals surface area contributed by atoms with Gasteiger partial charge in [0.25, 0.3) is 0 Å². The van der Waals surface area contributed by atoms with Crippen molar-refractivity contribution in [2.24, 2.45) is 5.41 Å². The van der Waals surface area contributed by atoms with Crippen LogP contribution in [0.15, 0.2) is 10.5 Å². The summed E-state index contributed by atoms with van der Waals surface area (Å²) in [6, 6.07) is 3.32. The molecule has 1 atom stereocenters. The minimum atomic E-state index is 0.339. The molecule has 1 aliphatic carbocycles. The van der Waals surface area contributed by atoms with Gasteiger partial charge in [0.1, 0.15) is 11.5 Å². The summed E-state index contributed by atoms with van der Waals surface area (Å²) in [6.45, 7) is 8.92. The van der Waals surface area contributed by atoms with Crippen molar-refractivity contribution in [2.75, 3.05) is 13.1 Å². The van der Waals surface area contributed by atoms with Crippen molar-refractivity contribution < 1.29 is 4.42 Å². The van der Waals surface area contributed by atoms with E-state index in [2.05, 4.69) is 30.5 Å². The van der Waals surface area contributed by atoms with E-state index in [1.54, 1.807) is 0 Å². The first-order valence-electron chi connectivity index (χ1n) is 6.59. The van der Waals surface area contributed by atoms with Crippen LogP contribution in [0.5, 0.6) is 0 Å². The lowest BCUT2D eigenvalue weighted by atomic mass is 9.74. The van der Waals surface area contributed by atoms with Crippen LogP contribution in [0.4, 0.5) is 0 Å². The van der Waals surface area contributed by atoms with Crippen molar-refractivity contribution in [3.8, 4) is 0 Å². The zero-order chi connectivity index (χ0) is 12.0. The zero-order valence-corrected chi connectivity index (χ0v) is 11.0. The van der Waals surface area contributed by atoms with E-state index in [-0.39, 0.29) is 0 Å². The number of furan rings is 1. The fourth-order valence-electron chi connectivity index (χ4n) is 3.02. The molecule has 1 unspecified atom stereocenters. The SMILES string of the molecule is Cc1cc2c(o1)CC(C)(C)CC2NC1CNC1. The van der Waals surface area contributed by atoms with Gasteiger partial charge in [0.2, 0.25) is 0 Å². The molecule has 0 saturated carbocycles. The number of aryl methyl sites for hydroxylation is 1. The van der Waals surface area contributed by atoms with Gasteiger partial charge in [-0.15, -0.1) is 0 Å². The second-order valence-electron chi connectivity index (χ2n) is 6.36. The number of rotatable bonds is 2. The second-order valence-corrected chi connectivity index (χ2v) is 6.36. The van der Waals surface area contributed by atoms with E-state index in [0.717, 1.165) is 25.3 Å². The van der Waals surface area contributed by atoms with Gasteiger partial charge in [-0.1, -0.05) is 13.8 Å². The van der Waals surface area contributed by atoms with Gasteiger partial charge >= 0.3 is 0 Å². The molecule has 2 heterocycles. The molecule has 0 spiro atoms. The molecule has 1 saturated heterocycles. The number of nitrogens with one attached hydrogen (secondary N) is 2. The summed E-state index contributed by atoms with van der Waals surface area (Å²) in [5.41, 5.74) is 1.74. The topological polar surface area (TPSA) is 37.2 Å². The third-order valence-corrected chi connectivity index (χ3v) is 3.95. The summed E-state index contributed by atoms with van der Waals surface area (Å²) in [5, 5.41) is 7.07. The van der Waals surface area contributed by atoms with Crippen LogP contribution in [0.25, 0.3) is 0 Å². The van der Waals surface area contributed by atoms with Gasteiger partial charge in [0.15, 0.2) is 0 Å². The van der Waals surface area contributed by atoms with Gasteiger partial charge in [-0.2, -0.15) is 0 Å². The molecule has 3 nitrogen and oxygen atoms in total. The third kappa shape index (κ3) is 2.14. The van der Waals surface area contributed by atoms with E-state index in [4.69, 9.17) is 4.42 Å². The van der Waals surface area contributed by atoms with Gasteiger partial charge in [-0.3, -0.25) is 0 Å². The minimum Gasteiger partial charge on any atom is -0.466 e. The van der Waals surface area contributed by atoms with Gasteiger partial charge in [-0.05, 0) is 24.8 Å². The van der Waals surface area contributed by atoms with Crippen LogP contribution in [0, 0.1) is 12.3 Å². The summed E-state index contributed by atoms with van der Waals surface area (Å²) in [7, 11) is 0. The van der Waals surface area contributed by atoms with Crippen molar-refractivity contribution in [1.29, 1.82) is 0 Å². The van der Waals surface area contributed by atoms with Crippen molar-refractivity contribution in [3.05, 3.63) is 23.2 Å². The predicted octanol–water partition coefficient (Wildman–Crippen LogP) is 2.16. The largest absolute Gasteiger partial charge is 0.466 e. The smallest absolute Gasteiger partial charge is 0.109 e. The average Bonchev–Trinajstić information content (AvgIpc) is 2.49. The van der Waals surface area contributed by atoms with E-state index in [1.165, 1.54) is 17.7 Å². The Morgan fingerprint density at radius 2 is 2.18 bits per heavy atom. The molecule has 1 aliphatic heterocycles. The molecule has 1 aromatic heterocycles. The van der Waals surface area contributed by atoms with E-state index in [9.17, 15) is 0 Å². The van der Waals surface area contributed by atoms with E-state index in [0.29, 0.717) is 17.5 Å². The molecule has 3 rings (SSSR count). The summed E-state index contributed by atoms with van der Waals surface area (Å²) in [4.78, 5) is 0. The lowest BCUT2D eigenvalue weighted by molar-refractivity contribution is 0.210. The molecule has 1 fully saturated rings. The second kappa shape index (κ2) is 3.85. The Kier molecular flexibility index (Phi) is 2.56. The van der Waals surface area contributed by atoms with E-state index >= 15 is 0 Å². The molecule has 17 heavy (non-hydrogen) atoms. The summed E-state index contributed by atoms with van der Waals surface area (Å²) >= 11 is 0. The van der Waals surface area contributed by atoms with Gasteiger partial charge in [-0.25, -0.2) is 0 Å². The Balaban J connectivity index is 1.86. The monoisotopic (exact) mass is 234 g/mol. The number of fused-ring (bicyclic) bond motifs is 1. The molecule has 0 radical (unpaired) electrons. The Labute approximate surface area is 103 Å². The maximum absolute atomic E-state index is 5.85. The van der Waals surface area contributed by atoms with Crippen LogP contribution in [0.2, 0.25) is 0 Å². The molecule has 2 aliphatic rings. The maximum atomic E-state index is 5.85. The molecular formula is C14H22N2O. The van der Waals surface area contributed by atoms with Crippen molar-refractivity contribution >= 4 is 0 Å². The molecular weight excluding hydrogens is 212 g/mol. The maximum Gasteiger partial charge on any atom is 0.109 e. The van der Waals surface area contributed by atoms with Crippen LogP contribution in [0.1, 0.15) is 43.4 Å². The lowest BCUT2D eigenvalue weighted by Crippen LogP contribution is -2.56. The van der Waals surface area contributed by atoms with Gasteiger partial charge in [0.05, 0.1) is 0 Å². The third-order valence-electron chi connectivity index (χ3n) is 3.95. The highest BCUT2D eigenvalue weighted by Crippen LogP contribution is 2.42. The van der Waals surface area contributed by atoms with Crippen molar-refractivity contribution in [3.63, 3.8) is 0 Å². The van der Waals surface area contributed by atoms with E-state index in [1.807, 2.05) is 6.92 Å². The fraction of sp³-hybridized carbons (Fsp3) is 0.714. The summed E-state index contributed by atoms with van der Waals surface area (Å²) < 4.78 is 5.85. The minimum absolute atomic E-state index is 0.339. The molecule has 0 amide bonds. The van der Waals surface area contributed by atoms with Gasteiger partial charge < -0.3 is 15.1 Å². The van der Waals surface area contributed by atoms with Crippen molar-refractivity contribution in [1.82, 2.24) is 10.6 Å². The fourth-order valence-corrected chi connectivity index (χ4v) is 3.02. The normalized spacial score (nSPS) is 27.6.